The molecule has 1 aliphatic heterocycles. The Bertz CT molecular complexity index is 1020. The first-order chi connectivity index (χ1) is 13.7. The number of hydroxylamine groups is 3. The molecule has 6 heteroatoms. The van der Waals surface area contributed by atoms with E-state index in [9.17, 15) is 5.21 Å². The maximum absolute atomic E-state index is 13.2. The van der Waals surface area contributed by atoms with Crippen LogP contribution in [0, 0.1) is 11.1 Å². The van der Waals surface area contributed by atoms with Gasteiger partial charge in [-0.05, 0) is 54.6 Å². The minimum Gasteiger partial charge on any atom is -0.627 e. The predicted molar refractivity (Wildman–Crippen MR) is 109 cm³/mol. The number of nitrogens with zero attached hydrogens (tertiary/aromatic N) is 4. The number of aromatic nitrogens is 3. The van der Waals surface area contributed by atoms with Crippen LogP contribution in [0.4, 0.5) is 0 Å². The summed E-state index contributed by atoms with van der Waals surface area (Å²) in [6.07, 6.45) is 15.4. The molecule has 28 heavy (non-hydrogen) atoms. The summed E-state index contributed by atoms with van der Waals surface area (Å²) in [5, 5.41) is 16.8. The number of imidazole rings is 1. The van der Waals surface area contributed by atoms with Crippen molar-refractivity contribution in [2.75, 3.05) is 6.54 Å². The smallest absolute Gasteiger partial charge is 0.137 e. The molecule has 0 radical (unpaired) electrons. The zero-order chi connectivity index (χ0) is 19.0. The summed E-state index contributed by atoms with van der Waals surface area (Å²) in [4.78, 5) is 8.81. The molecule has 1 aliphatic carbocycles. The zero-order valence-corrected chi connectivity index (χ0v) is 15.9. The molecule has 144 valence electrons. The van der Waals surface area contributed by atoms with E-state index in [1.165, 1.54) is 24.8 Å². The van der Waals surface area contributed by atoms with Crippen molar-refractivity contribution in [1.29, 1.82) is 0 Å². The highest BCUT2D eigenvalue weighted by atomic mass is 16.5. The molecule has 0 spiro atoms. The Morgan fingerprint density at radius 2 is 2.14 bits per heavy atom. The second kappa shape index (κ2) is 7.13. The highest BCUT2D eigenvalue weighted by Crippen LogP contribution is 2.27. The molecular formula is C22H25N5O. The van der Waals surface area contributed by atoms with Gasteiger partial charge in [0.05, 0.1) is 6.20 Å². The Labute approximate surface area is 164 Å². The van der Waals surface area contributed by atoms with Crippen LogP contribution in [-0.2, 0) is 19.6 Å². The van der Waals surface area contributed by atoms with Crippen LogP contribution in [0.15, 0.2) is 49.2 Å². The lowest BCUT2D eigenvalue weighted by atomic mass is 9.85. The van der Waals surface area contributed by atoms with Gasteiger partial charge in [0.1, 0.15) is 24.4 Å². The average Bonchev–Trinajstić information content (AvgIpc) is 3.04. The molecule has 1 unspecified atom stereocenters. The van der Waals surface area contributed by atoms with Crippen molar-refractivity contribution in [3.8, 4) is 0 Å². The monoisotopic (exact) mass is 375 g/mol. The average molecular weight is 375 g/mol. The number of nitrogens with one attached hydrogen (secondary N) is 1. The number of fused-ring (bicyclic) bond motifs is 2. The van der Waals surface area contributed by atoms with E-state index in [4.69, 9.17) is 0 Å². The first-order valence-corrected chi connectivity index (χ1v) is 10.0. The van der Waals surface area contributed by atoms with E-state index in [1.54, 1.807) is 18.6 Å². The number of rotatable bonds is 6. The van der Waals surface area contributed by atoms with Gasteiger partial charge in [-0.3, -0.25) is 4.98 Å². The van der Waals surface area contributed by atoms with Gasteiger partial charge >= 0.3 is 0 Å². The van der Waals surface area contributed by atoms with Crippen LogP contribution in [0.3, 0.4) is 0 Å². The molecule has 1 saturated carbocycles. The van der Waals surface area contributed by atoms with Gasteiger partial charge in [0, 0.05) is 36.9 Å². The molecule has 0 aromatic carbocycles. The lowest BCUT2D eigenvalue weighted by molar-refractivity contribution is -0.857. The quantitative estimate of drug-likeness (QED) is 0.528. The first-order valence-electron chi connectivity index (χ1n) is 10.0. The van der Waals surface area contributed by atoms with Crippen molar-refractivity contribution in [2.24, 2.45) is 5.92 Å². The van der Waals surface area contributed by atoms with Crippen LogP contribution >= 0.6 is 0 Å². The Kier molecular flexibility index (Phi) is 4.47. The fourth-order valence-corrected chi connectivity index (χ4v) is 4.06. The molecule has 1 atom stereocenters. The summed E-state index contributed by atoms with van der Waals surface area (Å²) < 4.78 is 1.60. The summed E-state index contributed by atoms with van der Waals surface area (Å²) in [6.45, 7) is 2.69. The third kappa shape index (κ3) is 3.58. The normalized spacial score (nSPS) is 21.6. The van der Waals surface area contributed by atoms with E-state index in [2.05, 4.69) is 27.5 Å². The third-order valence-electron chi connectivity index (χ3n) is 5.88. The standard InChI is InChI=1S/C22H25N5O/c28-27(9-7-19-6-8-23-12-20(19)15-27)16-21-14-26-13-18(4-5-22(26)25-21)11-24-10-17-2-1-3-17/h4-9,12-14,17,24H,1-3,10-11,15-16H2. The van der Waals surface area contributed by atoms with Gasteiger partial charge in [0.25, 0.3) is 0 Å². The predicted octanol–water partition coefficient (Wildman–Crippen LogP) is 3.62. The van der Waals surface area contributed by atoms with Gasteiger partial charge in [-0.15, -0.1) is 0 Å². The second-order valence-electron chi connectivity index (χ2n) is 8.12. The molecule has 6 nitrogen and oxygen atoms in total. The molecule has 0 bridgehead atoms. The molecule has 2 aliphatic rings. The van der Waals surface area contributed by atoms with Crippen molar-refractivity contribution in [3.63, 3.8) is 0 Å². The minimum absolute atomic E-state index is 0.321. The van der Waals surface area contributed by atoms with E-state index >= 15 is 0 Å². The molecule has 4 heterocycles. The Morgan fingerprint density at radius 3 is 3.00 bits per heavy atom. The van der Waals surface area contributed by atoms with Crippen LogP contribution in [-0.4, -0.2) is 25.6 Å². The van der Waals surface area contributed by atoms with Gasteiger partial charge in [-0.25, -0.2) is 4.98 Å². The van der Waals surface area contributed by atoms with Crippen LogP contribution in [0.1, 0.15) is 41.6 Å². The second-order valence-corrected chi connectivity index (χ2v) is 8.12. The Morgan fingerprint density at radius 1 is 1.21 bits per heavy atom. The van der Waals surface area contributed by atoms with Crippen molar-refractivity contribution in [1.82, 2.24) is 19.7 Å². The number of quaternary nitrogens is 1. The summed E-state index contributed by atoms with van der Waals surface area (Å²) in [5.41, 5.74) is 5.00. The fourth-order valence-electron chi connectivity index (χ4n) is 4.06. The van der Waals surface area contributed by atoms with Crippen LogP contribution in [0.25, 0.3) is 11.7 Å². The molecular weight excluding hydrogens is 350 g/mol. The number of hydrogen-bond acceptors (Lipinski definition) is 4. The van der Waals surface area contributed by atoms with Crippen LogP contribution in [0.5, 0.6) is 0 Å². The molecule has 1 fully saturated rings. The Hall–Kier alpha value is -2.54. The third-order valence-corrected chi connectivity index (χ3v) is 5.88. The fraction of sp³-hybridized carbons (Fsp3) is 0.364. The Balaban J connectivity index is 1.28. The maximum atomic E-state index is 13.2. The van der Waals surface area contributed by atoms with E-state index in [1.807, 2.05) is 28.8 Å². The molecule has 3 aromatic rings. The van der Waals surface area contributed by atoms with E-state index < -0.39 is 4.65 Å². The van der Waals surface area contributed by atoms with Crippen molar-refractivity contribution < 1.29 is 4.65 Å². The first kappa shape index (κ1) is 17.6. The summed E-state index contributed by atoms with van der Waals surface area (Å²) >= 11 is 0. The van der Waals surface area contributed by atoms with Crippen LogP contribution < -0.4 is 5.32 Å². The van der Waals surface area contributed by atoms with E-state index in [0.717, 1.165) is 41.5 Å². The zero-order valence-electron chi connectivity index (χ0n) is 15.9. The largest absolute Gasteiger partial charge is 0.627 e. The van der Waals surface area contributed by atoms with Crippen molar-refractivity contribution in [2.45, 2.75) is 38.9 Å². The van der Waals surface area contributed by atoms with Crippen molar-refractivity contribution >= 4 is 11.7 Å². The number of pyridine rings is 2. The molecule has 1 N–H and O–H groups in total. The van der Waals surface area contributed by atoms with Gasteiger partial charge in [0.15, 0.2) is 0 Å². The molecule has 5 rings (SSSR count). The topological polar surface area (TPSA) is 65.3 Å². The summed E-state index contributed by atoms with van der Waals surface area (Å²) in [7, 11) is 0. The lowest BCUT2D eigenvalue weighted by Crippen LogP contribution is -2.36. The van der Waals surface area contributed by atoms with E-state index in [-0.39, 0.29) is 0 Å². The van der Waals surface area contributed by atoms with E-state index in [0.29, 0.717) is 13.1 Å². The molecule has 3 aromatic heterocycles. The van der Waals surface area contributed by atoms with Gasteiger partial charge in [-0.1, -0.05) is 12.5 Å². The van der Waals surface area contributed by atoms with Gasteiger partial charge in [-0.2, -0.15) is 0 Å². The number of hydrogen-bond donors (Lipinski definition) is 1. The minimum atomic E-state index is -0.432. The van der Waals surface area contributed by atoms with Gasteiger partial charge in [0.2, 0.25) is 0 Å². The SMILES string of the molecule is [O-][N+]1(Cc2cn3cc(CNCC4CCC4)ccc3n2)C=Cc2ccncc2C1. The molecule has 0 saturated heterocycles. The van der Waals surface area contributed by atoms with Crippen molar-refractivity contribution in [3.05, 3.63) is 76.8 Å². The molecule has 0 amide bonds. The van der Waals surface area contributed by atoms with Gasteiger partial charge < -0.3 is 19.6 Å². The highest BCUT2D eigenvalue weighted by Gasteiger charge is 2.23. The van der Waals surface area contributed by atoms with Crippen LogP contribution in [0.2, 0.25) is 0 Å². The highest BCUT2D eigenvalue weighted by molar-refractivity contribution is 5.53. The maximum Gasteiger partial charge on any atom is 0.137 e. The summed E-state index contributed by atoms with van der Waals surface area (Å²) in [5.74, 6) is 0.860. The lowest BCUT2D eigenvalue weighted by Gasteiger charge is -2.40. The summed E-state index contributed by atoms with van der Waals surface area (Å²) in [6, 6.07) is 6.09.